The highest BCUT2D eigenvalue weighted by Crippen LogP contribution is 2.39. The van der Waals surface area contributed by atoms with Gasteiger partial charge in [-0.05, 0) is 31.6 Å². The first kappa shape index (κ1) is 11.5. The maximum absolute atomic E-state index is 5.96. The molecule has 0 aromatic carbocycles. The second kappa shape index (κ2) is 4.87. The molecule has 1 saturated carbocycles. The van der Waals surface area contributed by atoms with E-state index >= 15 is 0 Å². The summed E-state index contributed by atoms with van der Waals surface area (Å²) in [4.78, 5) is 8.87. The van der Waals surface area contributed by atoms with E-state index in [1.165, 1.54) is 18.5 Å². The molecule has 0 bridgehead atoms. The largest absolute Gasteiger partial charge is 0.393 e. The maximum atomic E-state index is 5.96. The van der Waals surface area contributed by atoms with E-state index < -0.39 is 0 Å². The summed E-state index contributed by atoms with van der Waals surface area (Å²) in [5, 5.41) is 0.829. The van der Waals surface area contributed by atoms with Gasteiger partial charge in [-0.3, -0.25) is 0 Å². The van der Waals surface area contributed by atoms with Crippen LogP contribution in [0.5, 0.6) is 0 Å². The third kappa shape index (κ3) is 2.55. The van der Waals surface area contributed by atoms with Crippen molar-refractivity contribution in [3.63, 3.8) is 0 Å². The zero-order chi connectivity index (χ0) is 11.5. The SMILES string of the molecule is CCS/C(N)=C(\C)c1nccc(C2CC2)n1. The van der Waals surface area contributed by atoms with Crippen molar-refractivity contribution in [1.82, 2.24) is 9.97 Å². The van der Waals surface area contributed by atoms with Crippen molar-refractivity contribution in [2.75, 3.05) is 5.75 Å². The van der Waals surface area contributed by atoms with E-state index in [9.17, 15) is 0 Å². The molecule has 1 aliphatic rings. The van der Waals surface area contributed by atoms with Crippen LogP contribution in [-0.4, -0.2) is 15.7 Å². The zero-order valence-electron chi connectivity index (χ0n) is 9.73. The standard InChI is InChI=1S/C12H17N3S/c1-3-16-11(13)8(2)12-14-7-6-10(15-12)9-4-5-9/h6-7,9H,3-5,13H2,1-2H3/b11-8+. The van der Waals surface area contributed by atoms with Gasteiger partial charge in [0.15, 0.2) is 5.82 Å². The topological polar surface area (TPSA) is 51.8 Å². The molecule has 1 fully saturated rings. The van der Waals surface area contributed by atoms with Crippen LogP contribution in [0.15, 0.2) is 17.3 Å². The Morgan fingerprint density at radius 2 is 2.31 bits per heavy atom. The Morgan fingerprint density at radius 1 is 1.56 bits per heavy atom. The number of aromatic nitrogens is 2. The molecule has 2 N–H and O–H groups in total. The molecule has 4 heteroatoms. The molecule has 0 radical (unpaired) electrons. The molecule has 0 atom stereocenters. The van der Waals surface area contributed by atoms with Crippen LogP contribution in [0.3, 0.4) is 0 Å². The first-order valence-electron chi connectivity index (χ1n) is 5.64. The van der Waals surface area contributed by atoms with Gasteiger partial charge in [0.05, 0.1) is 5.03 Å². The van der Waals surface area contributed by atoms with Crippen molar-refractivity contribution in [2.24, 2.45) is 5.73 Å². The molecule has 0 spiro atoms. The zero-order valence-corrected chi connectivity index (χ0v) is 10.5. The normalized spacial score (nSPS) is 17.1. The Labute approximate surface area is 101 Å². The summed E-state index contributed by atoms with van der Waals surface area (Å²) in [6.07, 6.45) is 4.36. The summed E-state index contributed by atoms with van der Waals surface area (Å²) in [6, 6.07) is 2.01. The molecule has 0 amide bonds. The average Bonchev–Trinajstić information content (AvgIpc) is 3.12. The van der Waals surface area contributed by atoms with E-state index in [2.05, 4.69) is 16.9 Å². The third-order valence-corrected chi connectivity index (χ3v) is 3.58. The van der Waals surface area contributed by atoms with Crippen LogP contribution in [-0.2, 0) is 0 Å². The quantitative estimate of drug-likeness (QED) is 0.872. The maximum Gasteiger partial charge on any atom is 0.157 e. The van der Waals surface area contributed by atoms with Crippen LogP contribution in [0.2, 0.25) is 0 Å². The Morgan fingerprint density at radius 3 is 2.94 bits per heavy atom. The Kier molecular flexibility index (Phi) is 3.49. The van der Waals surface area contributed by atoms with Crippen LogP contribution in [0, 0.1) is 0 Å². The lowest BCUT2D eigenvalue weighted by Crippen LogP contribution is -2.02. The third-order valence-electron chi connectivity index (χ3n) is 2.68. The van der Waals surface area contributed by atoms with Crippen molar-refractivity contribution < 1.29 is 0 Å². The van der Waals surface area contributed by atoms with E-state index in [1.807, 2.05) is 19.2 Å². The molecule has 86 valence electrons. The van der Waals surface area contributed by atoms with Gasteiger partial charge in [-0.25, -0.2) is 9.97 Å². The summed E-state index contributed by atoms with van der Waals surface area (Å²) in [7, 11) is 0. The highest BCUT2D eigenvalue weighted by atomic mass is 32.2. The number of allylic oxidation sites excluding steroid dienone is 1. The molecular weight excluding hydrogens is 218 g/mol. The van der Waals surface area contributed by atoms with Gasteiger partial charge >= 0.3 is 0 Å². The Hall–Kier alpha value is -1.03. The van der Waals surface area contributed by atoms with E-state index in [0.29, 0.717) is 5.92 Å². The van der Waals surface area contributed by atoms with E-state index in [1.54, 1.807) is 11.8 Å². The van der Waals surface area contributed by atoms with Gasteiger partial charge in [-0.1, -0.05) is 6.92 Å². The van der Waals surface area contributed by atoms with Gasteiger partial charge in [0.25, 0.3) is 0 Å². The lowest BCUT2D eigenvalue weighted by molar-refractivity contribution is 0.966. The van der Waals surface area contributed by atoms with Gasteiger partial charge in [-0.15, -0.1) is 11.8 Å². The van der Waals surface area contributed by atoms with Crippen molar-refractivity contribution >= 4 is 17.3 Å². The number of hydrogen-bond acceptors (Lipinski definition) is 4. The summed E-state index contributed by atoms with van der Waals surface area (Å²) >= 11 is 1.64. The summed E-state index contributed by atoms with van der Waals surface area (Å²) in [5.74, 6) is 2.42. The van der Waals surface area contributed by atoms with E-state index in [0.717, 1.165) is 22.2 Å². The van der Waals surface area contributed by atoms with Crippen LogP contribution in [0.4, 0.5) is 0 Å². The fraction of sp³-hybridized carbons (Fsp3) is 0.500. The number of nitrogens with zero attached hydrogens (tertiary/aromatic N) is 2. The number of hydrogen-bond donors (Lipinski definition) is 1. The molecule has 3 nitrogen and oxygen atoms in total. The summed E-state index contributed by atoms with van der Waals surface area (Å²) in [5.41, 5.74) is 8.12. The fourth-order valence-electron chi connectivity index (χ4n) is 1.53. The van der Waals surface area contributed by atoms with Gasteiger partial charge in [-0.2, -0.15) is 0 Å². The van der Waals surface area contributed by atoms with Gasteiger partial charge in [0.1, 0.15) is 0 Å². The highest BCUT2D eigenvalue weighted by molar-refractivity contribution is 8.03. The molecular formula is C12H17N3S. The average molecular weight is 235 g/mol. The van der Waals surface area contributed by atoms with Crippen molar-refractivity contribution in [3.05, 3.63) is 28.8 Å². The second-order valence-corrected chi connectivity index (χ2v) is 5.31. The van der Waals surface area contributed by atoms with Crippen LogP contribution >= 0.6 is 11.8 Å². The number of rotatable bonds is 4. The monoisotopic (exact) mass is 235 g/mol. The molecule has 2 rings (SSSR count). The van der Waals surface area contributed by atoms with Crippen LogP contribution < -0.4 is 5.73 Å². The molecule has 0 saturated heterocycles. The molecule has 16 heavy (non-hydrogen) atoms. The summed E-state index contributed by atoms with van der Waals surface area (Å²) in [6.45, 7) is 4.08. The number of nitrogens with two attached hydrogens (primary N) is 1. The minimum absolute atomic E-state index is 0.662. The van der Waals surface area contributed by atoms with Crippen molar-refractivity contribution in [2.45, 2.75) is 32.6 Å². The molecule has 1 aliphatic carbocycles. The predicted molar refractivity (Wildman–Crippen MR) is 68.9 cm³/mol. The minimum atomic E-state index is 0.662. The Bertz CT molecular complexity index is 410. The van der Waals surface area contributed by atoms with E-state index in [-0.39, 0.29) is 0 Å². The van der Waals surface area contributed by atoms with Crippen molar-refractivity contribution in [1.29, 1.82) is 0 Å². The highest BCUT2D eigenvalue weighted by Gasteiger charge is 2.25. The van der Waals surface area contributed by atoms with Gasteiger partial charge < -0.3 is 5.73 Å². The van der Waals surface area contributed by atoms with E-state index in [4.69, 9.17) is 5.73 Å². The van der Waals surface area contributed by atoms with Crippen molar-refractivity contribution in [3.8, 4) is 0 Å². The first-order valence-corrected chi connectivity index (χ1v) is 6.63. The Balaban J connectivity index is 2.25. The van der Waals surface area contributed by atoms with Crippen LogP contribution in [0.25, 0.3) is 5.57 Å². The number of thioether (sulfide) groups is 1. The smallest absolute Gasteiger partial charge is 0.157 e. The summed E-state index contributed by atoms with van der Waals surface area (Å²) < 4.78 is 0. The molecule has 1 aromatic rings. The van der Waals surface area contributed by atoms with Crippen LogP contribution in [0.1, 0.15) is 44.1 Å². The fourth-order valence-corrected chi connectivity index (χ4v) is 2.15. The molecule has 1 aromatic heterocycles. The lowest BCUT2D eigenvalue weighted by atomic mass is 10.2. The first-order chi connectivity index (χ1) is 7.72. The molecule has 0 unspecified atom stereocenters. The molecule has 1 heterocycles. The minimum Gasteiger partial charge on any atom is -0.393 e. The van der Waals surface area contributed by atoms with Gasteiger partial charge in [0.2, 0.25) is 0 Å². The van der Waals surface area contributed by atoms with Gasteiger partial charge in [0, 0.05) is 23.4 Å². The molecule has 0 aliphatic heterocycles. The second-order valence-electron chi connectivity index (χ2n) is 4.00. The predicted octanol–water partition coefficient (Wildman–Crippen LogP) is 2.75. The lowest BCUT2D eigenvalue weighted by Gasteiger charge is -2.06.